The Morgan fingerprint density at radius 1 is 0.892 bits per heavy atom. The number of hydrogen-bond acceptors (Lipinski definition) is 3. The second-order valence-corrected chi connectivity index (χ2v) is 8.27. The van der Waals surface area contributed by atoms with E-state index in [2.05, 4.69) is 0 Å². The number of fused-ring (bicyclic) bond motifs is 1. The van der Waals surface area contributed by atoms with E-state index in [1.54, 1.807) is 13.0 Å². The van der Waals surface area contributed by atoms with Gasteiger partial charge in [0.15, 0.2) is 0 Å². The summed E-state index contributed by atoms with van der Waals surface area (Å²) in [6.07, 6.45) is -7.64. The van der Waals surface area contributed by atoms with Gasteiger partial charge in [0.05, 0.1) is 23.8 Å². The summed E-state index contributed by atoms with van der Waals surface area (Å²) in [4.78, 5) is 26.0. The molecule has 0 spiro atoms. The first-order chi connectivity index (χ1) is 17.3. The number of hydrogen-bond donors (Lipinski definition) is 0. The third-order valence-corrected chi connectivity index (χ3v) is 5.65. The topological polar surface area (TPSA) is 46.6 Å². The number of amides is 1. The number of ether oxygens (including phenoxy) is 1. The number of likely N-dealkylation sites (N-methyl/N-ethyl adjacent to an activating group) is 1. The monoisotopic (exact) mass is 523 g/mol. The number of esters is 1. The average Bonchev–Trinajstić information content (AvgIpc) is 2.84. The van der Waals surface area contributed by atoms with Gasteiger partial charge in [0.25, 0.3) is 5.91 Å². The largest absolute Gasteiger partial charge is 0.463 e. The van der Waals surface area contributed by atoms with Gasteiger partial charge in [-0.05, 0) is 47.9 Å². The van der Waals surface area contributed by atoms with Gasteiger partial charge in [-0.3, -0.25) is 4.79 Å². The number of carbonyl (C=O) groups excluding carboxylic acids is 2. The number of rotatable bonds is 7. The first-order valence-corrected chi connectivity index (χ1v) is 11.2. The van der Waals surface area contributed by atoms with Gasteiger partial charge in [0.1, 0.15) is 0 Å². The summed E-state index contributed by atoms with van der Waals surface area (Å²) in [6.45, 7) is 1.69. The van der Waals surface area contributed by atoms with Gasteiger partial charge >= 0.3 is 18.3 Å². The Morgan fingerprint density at radius 3 is 2.05 bits per heavy atom. The molecular weight excluding hydrogens is 500 g/mol. The standard InChI is InChI=1S/C27H23F6NO3/c1-3-37-24(35)11-10-23(13-17-8-9-18-6-4-5-7-19(18)12-17)34(2)25(36)20-14-21(26(28,29)30)16-22(15-20)27(31,32)33/h4-12,14-16,23H,3,13H2,1-2H3. The second kappa shape index (κ2) is 11.1. The van der Waals surface area contributed by atoms with Crippen molar-refractivity contribution >= 4 is 22.6 Å². The Hall–Kier alpha value is -3.82. The summed E-state index contributed by atoms with van der Waals surface area (Å²) in [7, 11) is 1.25. The molecule has 0 N–H and O–H groups in total. The van der Waals surface area contributed by atoms with Crippen molar-refractivity contribution < 1.29 is 40.7 Å². The molecule has 0 fully saturated rings. The number of carbonyl (C=O) groups is 2. The molecule has 1 amide bonds. The van der Waals surface area contributed by atoms with Gasteiger partial charge < -0.3 is 9.64 Å². The fourth-order valence-electron chi connectivity index (χ4n) is 3.75. The first-order valence-electron chi connectivity index (χ1n) is 11.2. The summed E-state index contributed by atoms with van der Waals surface area (Å²) < 4.78 is 84.7. The second-order valence-electron chi connectivity index (χ2n) is 8.27. The fraction of sp³-hybridized carbons (Fsp3) is 0.259. The van der Waals surface area contributed by atoms with Gasteiger partial charge in [-0.1, -0.05) is 48.5 Å². The Bertz CT molecular complexity index is 1280. The van der Waals surface area contributed by atoms with Crippen molar-refractivity contribution in [3.8, 4) is 0 Å². The lowest BCUT2D eigenvalue weighted by Gasteiger charge is -2.27. The molecule has 3 rings (SSSR count). The molecule has 3 aromatic rings. The Balaban J connectivity index is 2.00. The zero-order valence-electron chi connectivity index (χ0n) is 19.9. The molecular formula is C27H23F6NO3. The molecule has 0 aromatic heterocycles. The zero-order chi connectivity index (χ0) is 27.4. The SMILES string of the molecule is CCOC(=O)C=CC(Cc1ccc2ccccc2c1)N(C)C(=O)c1cc(C(F)(F)F)cc(C(F)(F)F)c1. The summed E-state index contributed by atoms with van der Waals surface area (Å²) in [5.41, 5.74) is -3.23. The highest BCUT2D eigenvalue weighted by Gasteiger charge is 2.38. The van der Waals surface area contributed by atoms with Crippen molar-refractivity contribution in [3.63, 3.8) is 0 Å². The van der Waals surface area contributed by atoms with Crippen molar-refractivity contribution in [2.45, 2.75) is 31.7 Å². The number of halogens is 6. The van der Waals surface area contributed by atoms with E-state index in [-0.39, 0.29) is 19.1 Å². The Labute approximate surface area is 209 Å². The molecule has 0 saturated heterocycles. The van der Waals surface area contributed by atoms with Crippen LogP contribution in [0.25, 0.3) is 10.8 Å². The fourth-order valence-corrected chi connectivity index (χ4v) is 3.75. The molecule has 0 saturated carbocycles. The van der Waals surface area contributed by atoms with E-state index in [4.69, 9.17) is 4.74 Å². The van der Waals surface area contributed by atoms with E-state index in [9.17, 15) is 35.9 Å². The molecule has 0 aliphatic carbocycles. The minimum atomic E-state index is -5.09. The van der Waals surface area contributed by atoms with Gasteiger partial charge in [-0.15, -0.1) is 0 Å². The van der Waals surface area contributed by atoms with Crippen LogP contribution in [0, 0.1) is 0 Å². The molecule has 1 atom stereocenters. The van der Waals surface area contributed by atoms with E-state index in [1.165, 1.54) is 13.1 Å². The maximum absolute atomic E-state index is 13.3. The van der Waals surface area contributed by atoms with Crippen LogP contribution in [0.3, 0.4) is 0 Å². The molecule has 0 radical (unpaired) electrons. The minimum Gasteiger partial charge on any atom is -0.463 e. The van der Waals surface area contributed by atoms with Crippen molar-refractivity contribution in [3.05, 3.63) is 95.1 Å². The van der Waals surface area contributed by atoms with Crippen LogP contribution >= 0.6 is 0 Å². The van der Waals surface area contributed by atoms with Crippen LogP contribution in [0.1, 0.15) is 34.0 Å². The van der Waals surface area contributed by atoms with Crippen LogP contribution in [-0.4, -0.2) is 36.5 Å². The van der Waals surface area contributed by atoms with E-state index in [0.29, 0.717) is 12.1 Å². The van der Waals surface area contributed by atoms with Crippen LogP contribution in [0.15, 0.2) is 72.8 Å². The van der Waals surface area contributed by atoms with Crippen LogP contribution < -0.4 is 0 Å². The summed E-state index contributed by atoms with van der Waals surface area (Å²) >= 11 is 0. The zero-order valence-corrected chi connectivity index (χ0v) is 19.9. The van der Waals surface area contributed by atoms with Crippen molar-refractivity contribution in [2.24, 2.45) is 0 Å². The van der Waals surface area contributed by atoms with E-state index < -0.39 is 47.0 Å². The maximum Gasteiger partial charge on any atom is 0.416 e. The Morgan fingerprint density at radius 2 is 1.49 bits per heavy atom. The number of alkyl halides is 6. The molecule has 0 aliphatic rings. The average molecular weight is 523 g/mol. The lowest BCUT2D eigenvalue weighted by molar-refractivity contribution is -0.143. The Kier molecular flexibility index (Phi) is 8.30. The van der Waals surface area contributed by atoms with E-state index in [0.717, 1.165) is 27.3 Å². The number of nitrogens with zero attached hydrogens (tertiary/aromatic N) is 1. The predicted molar refractivity (Wildman–Crippen MR) is 126 cm³/mol. The molecule has 0 heterocycles. The highest BCUT2D eigenvalue weighted by molar-refractivity contribution is 5.95. The first kappa shape index (κ1) is 27.8. The summed E-state index contributed by atoms with van der Waals surface area (Å²) in [5.74, 6) is -1.78. The minimum absolute atomic E-state index is 0.0377. The van der Waals surface area contributed by atoms with Crippen LogP contribution in [0.5, 0.6) is 0 Å². The predicted octanol–water partition coefficient (Wildman–Crippen LogP) is 6.68. The molecule has 37 heavy (non-hydrogen) atoms. The van der Waals surface area contributed by atoms with Crippen LogP contribution in [0.4, 0.5) is 26.3 Å². The molecule has 10 heteroatoms. The van der Waals surface area contributed by atoms with Gasteiger partial charge in [0.2, 0.25) is 0 Å². The number of benzene rings is 3. The third-order valence-electron chi connectivity index (χ3n) is 5.65. The molecule has 0 aliphatic heterocycles. The molecule has 0 bridgehead atoms. The highest BCUT2D eigenvalue weighted by atomic mass is 19.4. The van der Waals surface area contributed by atoms with Crippen molar-refractivity contribution in [1.82, 2.24) is 4.90 Å². The van der Waals surface area contributed by atoms with Crippen molar-refractivity contribution in [1.29, 1.82) is 0 Å². The molecule has 4 nitrogen and oxygen atoms in total. The molecule has 3 aromatic carbocycles. The highest BCUT2D eigenvalue weighted by Crippen LogP contribution is 2.36. The third kappa shape index (κ3) is 7.12. The lowest BCUT2D eigenvalue weighted by Crippen LogP contribution is -2.37. The smallest absolute Gasteiger partial charge is 0.416 e. The van der Waals surface area contributed by atoms with E-state index >= 15 is 0 Å². The van der Waals surface area contributed by atoms with Gasteiger partial charge in [-0.2, -0.15) is 26.3 Å². The van der Waals surface area contributed by atoms with Gasteiger partial charge in [-0.25, -0.2) is 4.79 Å². The summed E-state index contributed by atoms with van der Waals surface area (Å²) in [5, 5.41) is 1.85. The van der Waals surface area contributed by atoms with Crippen LogP contribution in [-0.2, 0) is 28.3 Å². The van der Waals surface area contributed by atoms with Crippen LogP contribution in [0.2, 0.25) is 0 Å². The van der Waals surface area contributed by atoms with Gasteiger partial charge in [0, 0.05) is 18.7 Å². The maximum atomic E-state index is 13.3. The quantitative estimate of drug-likeness (QED) is 0.197. The van der Waals surface area contributed by atoms with Crippen molar-refractivity contribution in [2.75, 3.05) is 13.7 Å². The molecule has 1 unspecified atom stereocenters. The lowest BCUT2D eigenvalue weighted by atomic mass is 9.99. The molecule has 196 valence electrons. The normalized spacial score (nSPS) is 13.1. The van der Waals surface area contributed by atoms with E-state index in [1.807, 2.05) is 36.4 Å². The summed E-state index contributed by atoms with van der Waals surface area (Å²) in [6, 6.07) is 12.8.